The van der Waals surface area contributed by atoms with Crippen LogP contribution in [0.5, 0.6) is 0 Å². The lowest BCUT2D eigenvalue weighted by molar-refractivity contribution is -0.0228. The van der Waals surface area contributed by atoms with Gasteiger partial charge in [-0.05, 0) is 44.4 Å². The number of aryl methyl sites for hydroxylation is 4. The lowest BCUT2D eigenvalue weighted by Crippen LogP contribution is -2.42. The van der Waals surface area contributed by atoms with Crippen molar-refractivity contribution in [2.45, 2.75) is 33.8 Å². The summed E-state index contributed by atoms with van der Waals surface area (Å²) in [6, 6.07) is 12.5. The standard InChI is InChI=1S/C21H25NO2/c1-14-5-7-18(8-6-14)19-13-22(9-10-24-19)21(23)20-16(3)11-15(2)12-17(20)4/h5-8,11-12,19H,9-10,13H2,1-4H3. The molecule has 1 fully saturated rings. The molecule has 0 aromatic heterocycles. The Morgan fingerprint density at radius 3 is 2.25 bits per heavy atom. The topological polar surface area (TPSA) is 29.5 Å². The number of amides is 1. The first kappa shape index (κ1) is 16.7. The second-order valence-electron chi connectivity index (χ2n) is 6.80. The van der Waals surface area contributed by atoms with E-state index in [9.17, 15) is 4.79 Å². The largest absolute Gasteiger partial charge is 0.370 e. The molecule has 1 saturated heterocycles. The molecule has 2 aromatic rings. The average molecular weight is 323 g/mol. The molecule has 24 heavy (non-hydrogen) atoms. The van der Waals surface area contributed by atoms with E-state index in [0.29, 0.717) is 19.7 Å². The summed E-state index contributed by atoms with van der Waals surface area (Å²) >= 11 is 0. The second-order valence-corrected chi connectivity index (χ2v) is 6.80. The molecule has 1 aliphatic rings. The number of hydrogen-bond acceptors (Lipinski definition) is 2. The molecule has 1 amide bonds. The molecule has 1 heterocycles. The Morgan fingerprint density at radius 2 is 1.62 bits per heavy atom. The van der Waals surface area contributed by atoms with Crippen LogP contribution in [0.15, 0.2) is 36.4 Å². The van der Waals surface area contributed by atoms with Gasteiger partial charge in [0.25, 0.3) is 5.91 Å². The maximum Gasteiger partial charge on any atom is 0.254 e. The van der Waals surface area contributed by atoms with E-state index in [1.807, 2.05) is 18.7 Å². The molecule has 0 bridgehead atoms. The van der Waals surface area contributed by atoms with Crippen LogP contribution in [0.1, 0.15) is 44.3 Å². The van der Waals surface area contributed by atoms with E-state index in [4.69, 9.17) is 4.74 Å². The van der Waals surface area contributed by atoms with Gasteiger partial charge < -0.3 is 9.64 Å². The van der Waals surface area contributed by atoms with E-state index in [2.05, 4.69) is 50.2 Å². The normalized spacial score (nSPS) is 17.8. The summed E-state index contributed by atoms with van der Waals surface area (Å²) in [5.74, 6) is 0.116. The maximum absolute atomic E-state index is 13.1. The molecule has 3 rings (SSSR count). The highest BCUT2D eigenvalue weighted by Gasteiger charge is 2.27. The van der Waals surface area contributed by atoms with E-state index >= 15 is 0 Å². The fourth-order valence-corrected chi connectivity index (χ4v) is 3.49. The van der Waals surface area contributed by atoms with Crippen LogP contribution in [0.3, 0.4) is 0 Å². The fraction of sp³-hybridized carbons (Fsp3) is 0.381. The summed E-state index contributed by atoms with van der Waals surface area (Å²) in [5.41, 5.74) is 6.50. The van der Waals surface area contributed by atoms with E-state index in [1.165, 1.54) is 11.1 Å². The summed E-state index contributed by atoms with van der Waals surface area (Å²) in [7, 11) is 0. The summed E-state index contributed by atoms with van der Waals surface area (Å²) in [4.78, 5) is 15.0. The van der Waals surface area contributed by atoms with Crippen molar-refractivity contribution in [2.24, 2.45) is 0 Å². The van der Waals surface area contributed by atoms with Gasteiger partial charge in [-0.2, -0.15) is 0 Å². The second kappa shape index (κ2) is 6.78. The van der Waals surface area contributed by atoms with Gasteiger partial charge in [0.15, 0.2) is 0 Å². The molecule has 0 saturated carbocycles. The number of carbonyl (C=O) groups excluding carboxylic acids is 1. The number of hydrogen-bond donors (Lipinski definition) is 0. The van der Waals surface area contributed by atoms with Gasteiger partial charge in [-0.25, -0.2) is 0 Å². The lowest BCUT2D eigenvalue weighted by Gasteiger charge is -2.34. The molecule has 3 nitrogen and oxygen atoms in total. The van der Waals surface area contributed by atoms with Crippen LogP contribution in [0.4, 0.5) is 0 Å². The molecule has 1 aliphatic heterocycles. The Hall–Kier alpha value is -2.13. The van der Waals surface area contributed by atoms with Gasteiger partial charge in [-0.3, -0.25) is 4.79 Å². The van der Waals surface area contributed by atoms with E-state index in [0.717, 1.165) is 22.3 Å². The predicted molar refractivity (Wildman–Crippen MR) is 96.4 cm³/mol. The summed E-state index contributed by atoms with van der Waals surface area (Å²) < 4.78 is 5.91. The first-order valence-corrected chi connectivity index (χ1v) is 8.51. The zero-order chi connectivity index (χ0) is 17.3. The van der Waals surface area contributed by atoms with Crippen molar-refractivity contribution in [3.05, 3.63) is 69.8 Å². The number of nitrogens with zero attached hydrogens (tertiary/aromatic N) is 1. The average Bonchev–Trinajstić information content (AvgIpc) is 2.54. The number of benzene rings is 2. The van der Waals surface area contributed by atoms with Crippen LogP contribution in [0, 0.1) is 27.7 Å². The van der Waals surface area contributed by atoms with Gasteiger partial charge in [-0.15, -0.1) is 0 Å². The van der Waals surface area contributed by atoms with E-state index in [-0.39, 0.29) is 12.0 Å². The van der Waals surface area contributed by atoms with Crippen LogP contribution in [-0.2, 0) is 4.74 Å². The molecule has 0 spiro atoms. The molecule has 3 heteroatoms. The molecule has 0 radical (unpaired) electrons. The smallest absolute Gasteiger partial charge is 0.254 e. The van der Waals surface area contributed by atoms with Gasteiger partial charge in [0.1, 0.15) is 6.10 Å². The Bertz CT molecular complexity index is 726. The number of rotatable bonds is 2. The van der Waals surface area contributed by atoms with Crippen LogP contribution in [0.25, 0.3) is 0 Å². The fourth-order valence-electron chi connectivity index (χ4n) is 3.49. The van der Waals surface area contributed by atoms with E-state index < -0.39 is 0 Å². The molecule has 1 unspecified atom stereocenters. The van der Waals surface area contributed by atoms with Gasteiger partial charge in [0, 0.05) is 12.1 Å². The number of morpholine rings is 1. The summed E-state index contributed by atoms with van der Waals surface area (Å²) in [5, 5.41) is 0. The lowest BCUT2D eigenvalue weighted by atomic mass is 9.98. The quantitative estimate of drug-likeness (QED) is 0.831. The van der Waals surface area contributed by atoms with Crippen LogP contribution >= 0.6 is 0 Å². The first-order valence-electron chi connectivity index (χ1n) is 8.51. The van der Waals surface area contributed by atoms with Crippen molar-refractivity contribution in [3.63, 3.8) is 0 Å². The van der Waals surface area contributed by atoms with Crippen LogP contribution in [-0.4, -0.2) is 30.5 Å². The van der Waals surface area contributed by atoms with Crippen molar-refractivity contribution in [1.29, 1.82) is 0 Å². The number of ether oxygens (including phenoxy) is 1. The minimum atomic E-state index is -0.0469. The van der Waals surface area contributed by atoms with Gasteiger partial charge in [0.05, 0.1) is 13.2 Å². The summed E-state index contributed by atoms with van der Waals surface area (Å²) in [6.07, 6.45) is -0.0469. The van der Waals surface area contributed by atoms with Crippen molar-refractivity contribution < 1.29 is 9.53 Å². The predicted octanol–water partition coefficient (Wildman–Crippen LogP) is 4.13. The van der Waals surface area contributed by atoms with Crippen LogP contribution in [0.2, 0.25) is 0 Å². The van der Waals surface area contributed by atoms with Crippen molar-refractivity contribution in [1.82, 2.24) is 4.90 Å². The highest BCUT2D eigenvalue weighted by Crippen LogP contribution is 2.25. The highest BCUT2D eigenvalue weighted by atomic mass is 16.5. The van der Waals surface area contributed by atoms with E-state index in [1.54, 1.807) is 0 Å². The Kier molecular flexibility index (Phi) is 4.72. The molecule has 1 atom stereocenters. The van der Waals surface area contributed by atoms with Gasteiger partial charge in [0.2, 0.25) is 0 Å². The summed E-state index contributed by atoms with van der Waals surface area (Å²) in [6.45, 7) is 10.0. The highest BCUT2D eigenvalue weighted by molar-refractivity contribution is 5.97. The minimum absolute atomic E-state index is 0.0469. The molecular weight excluding hydrogens is 298 g/mol. The maximum atomic E-state index is 13.1. The third kappa shape index (κ3) is 3.36. The zero-order valence-corrected chi connectivity index (χ0v) is 14.9. The Balaban J connectivity index is 1.82. The third-order valence-corrected chi connectivity index (χ3v) is 4.69. The Labute approximate surface area is 144 Å². The Morgan fingerprint density at radius 1 is 1.00 bits per heavy atom. The monoisotopic (exact) mass is 323 g/mol. The molecule has 126 valence electrons. The minimum Gasteiger partial charge on any atom is -0.370 e. The molecular formula is C21H25NO2. The van der Waals surface area contributed by atoms with Crippen molar-refractivity contribution >= 4 is 5.91 Å². The zero-order valence-electron chi connectivity index (χ0n) is 14.9. The SMILES string of the molecule is Cc1ccc(C2CN(C(=O)c3c(C)cc(C)cc3C)CCO2)cc1. The first-order chi connectivity index (χ1) is 11.5. The number of carbonyl (C=O) groups is 1. The molecule has 2 aromatic carbocycles. The molecule has 0 aliphatic carbocycles. The van der Waals surface area contributed by atoms with Gasteiger partial charge >= 0.3 is 0 Å². The van der Waals surface area contributed by atoms with Crippen molar-refractivity contribution in [3.8, 4) is 0 Å². The van der Waals surface area contributed by atoms with Crippen molar-refractivity contribution in [2.75, 3.05) is 19.7 Å². The third-order valence-electron chi connectivity index (χ3n) is 4.69. The van der Waals surface area contributed by atoms with Gasteiger partial charge in [-0.1, -0.05) is 47.5 Å². The molecule has 0 N–H and O–H groups in total. The van der Waals surface area contributed by atoms with Crippen LogP contribution < -0.4 is 0 Å².